The van der Waals surface area contributed by atoms with E-state index < -0.39 is 0 Å². The van der Waals surface area contributed by atoms with Crippen molar-refractivity contribution in [2.75, 3.05) is 12.3 Å². The summed E-state index contributed by atoms with van der Waals surface area (Å²) in [5.74, 6) is 1.18. The molecule has 1 aliphatic heterocycles. The number of aliphatic imine (C=N–C) groups is 1. The molecule has 1 unspecified atom stereocenters. The highest BCUT2D eigenvalue weighted by Gasteiger charge is 2.28. The van der Waals surface area contributed by atoms with Crippen LogP contribution in [0.5, 0.6) is 0 Å². The van der Waals surface area contributed by atoms with E-state index in [1.165, 1.54) is 17.1 Å². The summed E-state index contributed by atoms with van der Waals surface area (Å²) in [6.45, 7) is 9.94. The normalized spacial score (nSPS) is 26.4. The Morgan fingerprint density at radius 3 is 2.89 bits per heavy atom. The summed E-state index contributed by atoms with van der Waals surface area (Å²) in [5, 5.41) is 6.88. The van der Waals surface area contributed by atoms with Crippen LogP contribution in [0.25, 0.3) is 0 Å². The second-order valence-corrected chi connectivity index (χ2v) is 8.15. The van der Waals surface area contributed by atoms with Crippen LogP contribution >= 0.6 is 23.1 Å². The number of amidine groups is 1. The molecule has 0 aliphatic carbocycles. The lowest BCUT2D eigenvalue weighted by atomic mass is 9.92. The van der Waals surface area contributed by atoms with Crippen molar-refractivity contribution in [3.8, 4) is 0 Å². The molecule has 19 heavy (non-hydrogen) atoms. The van der Waals surface area contributed by atoms with Crippen molar-refractivity contribution in [1.82, 2.24) is 5.32 Å². The first-order chi connectivity index (χ1) is 8.95. The molecule has 0 saturated carbocycles. The largest absolute Gasteiger partial charge is 0.360 e. The van der Waals surface area contributed by atoms with Gasteiger partial charge in [-0.2, -0.15) is 0 Å². The second kappa shape index (κ2) is 5.88. The van der Waals surface area contributed by atoms with Gasteiger partial charge in [0.25, 0.3) is 0 Å². The van der Waals surface area contributed by atoms with Gasteiger partial charge in [-0.05, 0) is 31.2 Å². The zero-order chi connectivity index (χ0) is 13.9. The number of nitrogens with zero attached hydrogens (tertiary/aromatic N) is 1. The Morgan fingerprint density at radius 2 is 2.26 bits per heavy atom. The lowest BCUT2D eigenvalue weighted by Gasteiger charge is -2.35. The predicted octanol–water partition coefficient (Wildman–Crippen LogP) is 4.28. The van der Waals surface area contributed by atoms with Gasteiger partial charge in [-0.15, -0.1) is 11.3 Å². The number of thioether (sulfide) groups is 1. The highest BCUT2D eigenvalue weighted by Crippen LogP contribution is 2.29. The molecule has 1 aromatic rings. The monoisotopic (exact) mass is 296 g/mol. The average molecular weight is 297 g/mol. The molecule has 0 aromatic carbocycles. The third kappa shape index (κ3) is 3.76. The fraction of sp³-hybridized carbons (Fsp3) is 0.667. The van der Waals surface area contributed by atoms with Gasteiger partial charge in [-0.3, -0.25) is 4.99 Å². The van der Waals surface area contributed by atoms with E-state index in [1.54, 1.807) is 0 Å². The minimum absolute atomic E-state index is 0.128. The Kier molecular flexibility index (Phi) is 4.62. The Balaban J connectivity index is 2.02. The molecule has 0 radical (unpaired) electrons. The van der Waals surface area contributed by atoms with Gasteiger partial charge in [0.2, 0.25) is 0 Å². The molecule has 0 spiro atoms. The van der Waals surface area contributed by atoms with Crippen LogP contribution in [-0.2, 0) is 5.41 Å². The van der Waals surface area contributed by atoms with E-state index in [0.29, 0.717) is 0 Å². The summed E-state index contributed by atoms with van der Waals surface area (Å²) >= 11 is 3.69. The fourth-order valence-corrected chi connectivity index (χ4v) is 4.16. The molecule has 1 atom stereocenters. The van der Waals surface area contributed by atoms with Crippen molar-refractivity contribution in [3.05, 3.63) is 22.4 Å². The number of hydrogen-bond donors (Lipinski definition) is 1. The van der Waals surface area contributed by atoms with E-state index in [4.69, 9.17) is 4.99 Å². The lowest BCUT2D eigenvalue weighted by molar-refractivity contribution is 0.389. The third-order valence-corrected chi connectivity index (χ3v) is 6.04. The molecule has 1 N–H and O–H groups in total. The molecule has 1 fully saturated rings. The first-order valence-corrected chi connectivity index (χ1v) is 8.81. The van der Waals surface area contributed by atoms with Gasteiger partial charge in [0, 0.05) is 21.6 Å². The second-order valence-electron chi connectivity index (χ2n) is 6.12. The predicted molar refractivity (Wildman–Crippen MR) is 88.6 cm³/mol. The van der Waals surface area contributed by atoms with Gasteiger partial charge in [-0.25, -0.2) is 0 Å². The molecule has 2 nitrogen and oxygen atoms in total. The average Bonchev–Trinajstić information content (AvgIpc) is 2.91. The summed E-state index contributed by atoms with van der Waals surface area (Å²) < 4.78 is 0. The standard InChI is InChI=1S/C15H24N2S2/c1-5-15(4)8-10-19-13(17-15)16-11-14(2,3)12-7-6-9-18-12/h6-7,9H,5,8,10-11H2,1-4H3,(H,16,17). The molecular formula is C15H24N2S2. The summed E-state index contributed by atoms with van der Waals surface area (Å²) in [4.78, 5) is 6.24. The summed E-state index contributed by atoms with van der Waals surface area (Å²) in [7, 11) is 0. The third-order valence-electron chi connectivity index (χ3n) is 3.89. The van der Waals surface area contributed by atoms with Gasteiger partial charge in [-0.1, -0.05) is 38.6 Å². The van der Waals surface area contributed by atoms with Crippen molar-refractivity contribution in [2.45, 2.75) is 51.5 Å². The van der Waals surface area contributed by atoms with E-state index in [0.717, 1.165) is 18.1 Å². The molecule has 0 amide bonds. The maximum absolute atomic E-state index is 4.83. The molecule has 1 aliphatic rings. The van der Waals surface area contributed by atoms with Crippen molar-refractivity contribution >= 4 is 28.3 Å². The maximum Gasteiger partial charge on any atom is 0.156 e. The van der Waals surface area contributed by atoms with Crippen LogP contribution < -0.4 is 5.32 Å². The van der Waals surface area contributed by atoms with Crippen LogP contribution in [0.4, 0.5) is 0 Å². The zero-order valence-corrected chi connectivity index (χ0v) is 14.0. The van der Waals surface area contributed by atoms with Crippen molar-refractivity contribution in [1.29, 1.82) is 0 Å². The number of hydrogen-bond acceptors (Lipinski definition) is 3. The fourth-order valence-electron chi connectivity index (χ4n) is 2.09. The first-order valence-electron chi connectivity index (χ1n) is 6.95. The highest BCUT2D eigenvalue weighted by atomic mass is 32.2. The van der Waals surface area contributed by atoms with Gasteiger partial charge in [0.1, 0.15) is 0 Å². The molecule has 2 heterocycles. The minimum atomic E-state index is 0.128. The van der Waals surface area contributed by atoms with Crippen molar-refractivity contribution in [3.63, 3.8) is 0 Å². The van der Waals surface area contributed by atoms with Gasteiger partial charge in [0.05, 0.1) is 6.54 Å². The van der Waals surface area contributed by atoms with Crippen molar-refractivity contribution < 1.29 is 0 Å². The zero-order valence-electron chi connectivity index (χ0n) is 12.3. The summed E-state index contributed by atoms with van der Waals surface area (Å²) in [6.07, 6.45) is 2.38. The van der Waals surface area contributed by atoms with Crippen molar-refractivity contribution in [2.24, 2.45) is 4.99 Å². The van der Waals surface area contributed by atoms with Gasteiger partial charge in [0.15, 0.2) is 5.17 Å². The van der Waals surface area contributed by atoms with E-state index in [2.05, 4.69) is 50.5 Å². The van der Waals surface area contributed by atoms with Crippen LogP contribution in [0, 0.1) is 0 Å². The molecule has 2 rings (SSSR count). The number of nitrogens with one attached hydrogen (secondary N) is 1. The Hall–Kier alpha value is -0.480. The number of thiophene rings is 1. The molecular weight excluding hydrogens is 272 g/mol. The molecule has 1 saturated heterocycles. The van der Waals surface area contributed by atoms with Gasteiger partial charge >= 0.3 is 0 Å². The van der Waals surface area contributed by atoms with Crippen LogP contribution in [0.3, 0.4) is 0 Å². The SMILES string of the molecule is CCC1(C)CCSC(=NCC(C)(C)c2cccs2)N1. The Morgan fingerprint density at radius 1 is 1.47 bits per heavy atom. The van der Waals surface area contributed by atoms with Crippen LogP contribution in [0.2, 0.25) is 0 Å². The Bertz CT molecular complexity index is 437. The molecule has 1 aromatic heterocycles. The smallest absolute Gasteiger partial charge is 0.156 e. The highest BCUT2D eigenvalue weighted by molar-refractivity contribution is 8.13. The quantitative estimate of drug-likeness (QED) is 0.897. The van der Waals surface area contributed by atoms with Crippen LogP contribution in [0.15, 0.2) is 22.5 Å². The van der Waals surface area contributed by atoms with Crippen LogP contribution in [-0.4, -0.2) is 23.0 Å². The summed E-state index contributed by atoms with van der Waals surface area (Å²) in [5.41, 5.74) is 0.362. The van der Waals surface area contributed by atoms with E-state index in [1.807, 2.05) is 23.1 Å². The van der Waals surface area contributed by atoms with E-state index in [-0.39, 0.29) is 11.0 Å². The molecule has 0 bridgehead atoms. The molecule has 4 heteroatoms. The Labute approximate surface area is 125 Å². The van der Waals surface area contributed by atoms with Crippen LogP contribution in [0.1, 0.15) is 45.4 Å². The summed E-state index contributed by atoms with van der Waals surface area (Å²) in [6, 6.07) is 4.33. The topological polar surface area (TPSA) is 24.4 Å². The first kappa shape index (κ1) is 14.9. The minimum Gasteiger partial charge on any atom is -0.360 e. The maximum atomic E-state index is 4.83. The molecule has 106 valence electrons. The van der Waals surface area contributed by atoms with E-state index in [9.17, 15) is 0 Å². The van der Waals surface area contributed by atoms with Gasteiger partial charge < -0.3 is 5.32 Å². The number of rotatable bonds is 4. The van der Waals surface area contributed by atoms with E-state index >= 15 is 0 Å². The lowest BCUT2D eigenvalue weighted by Crippen LogP contribution is -2.48.